The zero-order valence-corrected chi connectivity index (χ0v) is 15.7. The molecule has 5 rings (SSSR count). The highest BCUT2D eigenvalue weighted by Gasteiger charge is 2.21. The van der Waals surface area contributed by atoms with E-state index in [0.717, 1.165) is 61.3 Å². The maximum Gasteiger partial charge on any atom is 0.254 e. The molecule has 0 atom stereocenters. The second kappa shape index (κ2) is 7.05. The Labute approximate surface area is 162 Å². The van der Waals surface area contributed by atoms with Gasteiger partial charge in [0, 0.05) is 50.4 Å². The number of anilines is 1. The molecule has 0 amide bonds. The molecule has 0 spiro atoms. The first-order valence-corrected chi connectivity index (χ1v) is 9.42. The van der Waals surface area contributed by atoms with Crippen LogP contribution in [0.15, 0.2) is 53.3 Å². The summed E-state index contributed by atoms with van der Waals surface area (Å²) in [5, 5.41) is 8.49. The number of aryl methyl sites for hydroxylation is 1. The van der Waals surface area contributed by atoms with Crippen LogP contribution in [0.1, 0.15) is 11.5 Å². The van der Waals surface area contributed by atoms with Crippen molar-refractivity contribution in [2.24, 2.45) is 0 Å². The Kier molecular flexibility index (Phi) is 4.25. The first-order chi connectivity index (χ1) is 13.8. The third-order valence-corrected chi connectivity index (χ3v) is 5.06. The van der Waals surface area contributed by atoms with Gasteiger partial charge in [-0.15, -0.1) is 0 Å². The molecule has 28 heavy (non-hydrogen) atoms. The van der Waals surface area contributed by atoms with Crippen LogP contribution in [0.2, 0.25) is 0 Å². The highest BCUT2D eigenvalue weighted by molar-refractivity contribution is 5.65. The van der Waals surface area contributed by atoms with Crippen LogP contribution in [0.5, 0.6) is 0 Å². The van der Waals surface area contributed by atoms with Gasteiger partial charge >= 0.3 is 0 Å². The second-order valence-corrected chi connectivity index (χ2v) is 7.03. The van der Waals surface area contributed by atoms with Crippen LogP contribution < -0.4 is 4.90 Å². The monoisotopic (exact) mass is 375 g/mol. The van der Waals surface area contributed by atoms with Crippen LogP contribution in [0, 0.1) is 6.92 Å². The fraction of sp³-hybridized carbons (Fsp3) is 0.300. The molecule has 1 aromatic carbocycles. The first-order valence-electron chi connectivity index (χ1n) is 9.42. The molecule has 0 aliphatic carbocycles. The van der Waals surface area contributed by atoms with E-state index in [1.54, 1.807) is 6.33 Å². The molecule has 4 heterocycles. The van der Waals surface area contributed by atoms with E-state index in [-0.39, 0.29) is 0 Å². The topological polar surface area (TPSA) is 75.6 Å². The number of hydrogen-bond donors (Lipinski definition) is 0. The van der Waals surface area contributed by atoms with Crippen LogP contribution in [0.25, 0.3) is 17.0 Å². The molecule has 1 aliphatic heterocycles. The first kappa shape index (κ1) is 16.9. The van der Waals surface area contributed by atoms with Gasteiger partial charge in [0.1, 0.15) is 17.9 Å². The Morgan fingerprint density at radius 3 is 2.61 bits per heavy atom. The van der Waals surface area contributed by atoms with Crippen molar-refractivity contribution in [2.45, 2.75) is 13.5 Å². The molecule has 3 aromatic heterocycles. The smallest absolute Gasteiger partial charge is 0.254 e. The summed E-state index contributed by atoms with van der Waals surface area (Å²) in [6, 6.07) is 14.3. The minimum Gasteiger partial charge on any atom is -0.361 e. The molecule has 0 radical (unpaired) electrons. The van der Waals surface area contributed by atoms with E-state index in [0.29, 0.717) is 5.78 Å². The zero-order valence-electron chi connectivity index (χ0n) is 15.7. The molecular formula is C20H21N7O. The summed E-state index contributed by atoms with van der Waals surface area (Å²) in [7, 11) is 0. The number of hydrogen-bond acceptors (Lipinski definition) is 7. The molecule has 0 bridgehead atoms. The highest BCUT2D eigenvalue weighted by atomic mass is 16.5. The maximum absolute atomic E-state index is 5.18. The summed E-state index contributed by atoms with van der Waals surface area (Å²) < 4.78 is 7.00. The predicted octanol–water partition coefficient (Wildman–Crippen LogP) is 2.41. The number of rotatable bonds is 4. The van der Waals surface area contributed by atoms with Crippen molar-refractivity contribution in [1.29, 1.82) is 0 Å². The molecule has 8 heteroatoms. The van der Waals surface area contributed by atoms with Crippen LogP contribution in [0.4, 0.5) is 5.82 Å². The van der Waals surface area contributed by atoms with E-state index in [1.165, 1.54) is 0 Å². The van der Waals surface area contributed by atoms with E-state index in [9.17, 15) is 0 Å². The van der Waals surface area contributed by atoms with Gasteiger partial charge in [0.15, 0.2) is 0 Å². The summed E-state index contributed by atoms with van der Waals surface area (Å²) in [6.45, 7) is 6.45. The molecule has 1 saturated heterocycles. The van der Waals surface area contributed by atoms with Crippen LogP contribution in [-0.4, -0.2) is 55.8 Å². The quantitative estimate of drug-likeness (QED) is 0.542. The Balaban J connectivity index is 1.38. The van der Waals surface area contributed by atoms with Gasteiger partial charge in [0.25, 0.3) is 5.78 Å². The lowest BCUT2D eigenvalue weighted by molar-refractivity contribution is 0.241. The van der Waals surface area contributed by atoms with Gasteiger partial charge in [-0.3, -0.25) is 4.90 Å². The number of fused-ring (bicyclic) bond motifs is 1. The summed E-state index contributed by atoms with van der Waals surface area (Å²) in [6.07, 6.45) is 1.56. The molecule has 8 nitrogen and oxygen atoms in total. The largest absolute Gasteiger partial charge is 0.361 e. The van der Waals surface area contributed by atoms with E-state index < -0.39 is 0 Å². The Bertz CT molecular complexity index is 1080. The Hall–Kier alpha value is -3.26. The zero-order chi connectivity index (χ0) is 18.9. The van der Waals surface area contributed by atoms with Gasteiger partial charge in [-0.05, 0) is 6.92 Å². The van der Waals surface area contributed by atoms with Crippen molar-refractivity contribution in [3.8, 4) is 11.3 Å². The standard InChI is InChI=1S/C20H21N7O/c1-15-11-17(24-28-15)13-25-7-9-26(10-8-25)19-12-18(16-5-3-2-4-6-16)23-20-21-14-22-27(19)20/h2-6,11-12,14H,7-10,13H2,1H3. The van der Waals surface area contributed by atoms with Crippen LogP contribution >= 0.6 is 0 Å². The molecule has 0 unspecified atom stereocenters. The van der Waals surface area contributed by atoms with Gasteiger partial charge in [0.2, 0.25) is 0 Å². The normalized spacial score (nSPS) is 15.4. The van der Waals surface area contributed by atoms with Crippen LogP contribution in [-0.2, 0) is 6.54 Å². The fourth-order valence-corrected chi connectivity index (χ4v) is 3.64. The minimum atomic E-state index is 0.622. The van der Waals surface area contributed by atoms with Gasteiger partial charge < -0.3 is 9.42 Å². The van der Waals surface area contributed by atoms with Gasteiger partial charge in [0.05, 0.1) is 11.4 Å². The van der Waals surface area contributed by atoms with Crippen LogP contribution in [0.3, 0.4) is 0 Å². The number of aromatic nitrogens is 5. The lowest BCUT2D eigenvalue weighted by Crippen LogP contribution is -2.46. The Morgan fingerprint density at radius 1 is 1.04 bits per heavy atom. The number of benzene rings is 1. The average Bonchev–Trinajstić information content (AvgIpc) is 3.37. The van der Waals surface area contributed by atoms with Crippen molar-refractivity contribution in [2.75, 3.05) is 31.1 Å². The fourth-order valence-electron chi connectivity index (χ4n) is 3.64. The molecule has 1 fully saturated rings. The van der Waals surface area contributed by atoms with E-state index in [4.69, 9.17) is 4.52 Å². The highest BCUT2D eigenvalue weighted by Crippen LogP contribution is 2.24. The van der Waals surface area contributed by atoms with Crippen molar-refractivity contribution in [3.05, 3.63) is 60.2 Å². The lowest BCUT2D eigenvalue weighted by atomic mass is 10.1. The minimum absolute atomic E-state index is 0.622. The SMILES string of the molecule is Cc1cc(CN2CCN(c3cc(-c4ccccc4)nc4ncnn34)CC2)no1. The lowest BCUT2D eigenvalue weighted by Gasteiger charge is -2.35. The van der Waals surface area contributed by atoms with Gasteiger partial charge in [-0.25, -0.2) is 4.98 Å². The summed E-state index contributed by atoms with van der Waals surface area (Å²) in [5.74, 6) is 2.50. The average molecular weight is 375 g/mol. The van der Waals surface area contributed by atoms with E-state index in [2.05, 4.69) is 48.2 Å². The van der Waals surface area contributed by atoms with Crippen molar-refractivity contribution >= 4 is 11.6 Å². The maximum atomic E-state index is 5.18. The van der Waals surface area contributed by atoms with Crippen molar-refractivity contribution < 1.29 is 4.52 Å². The molecule has 0 saturated carbocycles. The van der Waals surface area contributed by atoms with E-state index >= 15 is 0 Å². The summed E-state index contributed by atoms with van der Waals surface area (Å²) in [5.41, 5.74) is 2.98. The number of piperazine rings is 1. The van der Waals surface area contributed by atoms with Crippen molar-refractivity contribution in [3.63, 3.8) is 0 Å². The predicted molar refractivity (Wildman–Crippen MR) is 105 cm³/mol. The number of nitrogens with zero attached hydrogens (tertiary/aromatic N) is 7. The second-order valence-electron chi connectivity index (χ2n) is 7.03. The molecule has 0 N–H and O–H groups in total. The van der Waals surface area contributed by atoms with Crippen molar-refractivity contribution in [1.82, 2.24) is 29.6 Å². The third-order valence-electron chi connectivity index (χ3n) is 5.06. The third kappa shape index (κ3) is 3.22. The molecular weight excluding hydrogens is 354 g/mol. The molecule has 1 aliphatic rings. The summed E-state index contributed by atoms with van der Waals surface area (Å²) in [4.78, 5) is 13.7. The molecule has 4 aromatic rings. The summed E-state index contributed by atoms with van der Waals surface area (Å²) >= 11 is 0. The Morgan fingerprint density at radius 2 is 1.86 bits per heavy atom. The van der Waals surface area contributed by atoms with Gasteiger partial charge in [-0.2, -0.15) is 14.6 Å². The van der Waals surface area contributed by atoms with Gasteiger partial charge in [-0.1, -0.05) is 35.5 Å². The van der Waals surface area contributed by atoms with E-state index in [1.807, 2.05) is 35.7 Å². The molecule has 142 valence electrons.